The fraction of sp³-hybridized carbons (Fsp3) is 0.133. The van der Waals surface area contributed by atoms with Crippen molar-refractivity contribution in [1.82, 2.24) is 4.90 Å². The molecule has 2 aromatic rings. The van der Waals surface area contributed by atoms with Crippen molar-refractivity contribution in [2.45, 2.75) is 6.54 Å². The molecule has 0 heterocycles. The molecular formula is C15H11BrCl3NO. The SMILES string of the molecule is CN(Cc1cc(Cl)cc(Cl)c1)C(=O)c1ccc(Cl)cc1Br. The molecule has 2 aromatic carbocycles. The normalized spacial score (nSPS) is 10.5. The van der Waals surface area contributed by atoms with Crippen LogP contribution in [0.2, 0.25) is 15.1 Å². The lowest BCUT2D eigenvalue weighted by atomic mass is 10.1. The summed E-state index contributed by atoms with van der Waals surface area (Å²) in [6.45, 7) is 0.411. The largest absolute Gasteiger partial charge is 0.337 e. The van der Waals surface area contributed by atoms with E-state index in [2.05, 4.69) is 15.9 Å². The highest BCUT2D eigenvalue weighted by Crippen LogP contribution is 2.24. The van der Waals surface area contributed by atoms with Crippen LogP contribution in [0.1, 0.15) is 15.9 Å². The minimum atomic E-state index is -0.116. The van der Waals surface area contributed by atoms with Crippen molar-refractivity contribution in [2.24, 2.45) is 0 Å². The number of carbonyl (C=O) groups is 1. The Balaban J connectivity index is 2.19. The van der Waals surface area contributed by atoms with Gasteiger partial charge in [-0.3, -0.25) is 4.79 Å². The van der Waals surface area contributed by atoms with E-state index in [9.17, 15) is 4.79 Å². The van der Waals surface area contributed by atoms with Crippen LogP contribution in [0, 0.1) is 0 Å². The first-order valence-corrected chi connectivity index (χ1v) is 7.95. The van der Waals surface area contributed by atoms with Crippen molar-refractivity contribution in [3.8, 4) is 0 Å². The number of rotatable bonds is 3. The number of amides is 1. The Kier molecular flexibility index (Phi) is 5.55. The number of hydrogen-bond donors (Lipinski definition) is 0. The summed E-state index contributed by atoms with van der Waals surface area (Å²) >= 11 is 21.2. The Morgan fingerprint density at radius 1 is 1.05 bits per heavy atom. The van der Waals surface area contributed by atoms with Crippen LogP contribution in [0.3, 0.4) is 0 Å². The lowest BCUT2D eigenvalue weighted by Gasteiger charge is -2.18. The van der Waals surface area contributed by atoms with E-state index in [1.807, 2.05) is 0 Å². The van der Waals surface area contributed by atoms with E-state index in [4.69, 9.17) is 34.8 Å². The molecule has 0 N–H and O–H groups in total. The van der Waals surface area contributed by atoms with E-state index >= 15 is 0 Å². The molecule has 0 saturated heterocycles. The van der Waals surface area contributed by atoms with Gasteiger partial charge in [-0.15, -0.1) is 0 Å². The van der Waals surface area contributed by atoms with E-state index < -0.39 is 0 Å². The maximum atomic E-state index is 12.4. The Labute approximate surface area is 146 Å². The Bertz CT molecular complexity index is 670. The summed E-state index contributed by atoms with van der Waals surface area (Å²) in [6.07, 6.45) is 0. The first-order valence-electron chi connectivity index (χ1n) is 6.02. The number of hydrogen-bond acceptors (Lipinski definition) is 1. The minimum Gasteiger partial charge on any atom is -0.337 e. The summed E-state index contributed by atoms with van der Waals surface area (Å²) in [6, 6.07) is 10.3. The number of benzene rings is 2. The van der Waals surface area contributed by atoms with Crippen molar-refractivity contribution in [2.75, 3.05) is 7.05 Å². The van der Waals surface area contributed by atoms with Crippen LogP contribution < -0.4 is 0 Å². The van der Waals surface area contributed by atoms with Gasteiger partial charge in [-0.2, -0.15) is 0 Å². The van der Waals surface area contributed by atoms with Gasteiger partial charge in [0.1, 0.15) is 0 Å². The summed E-state index contributed by atoms with van der Waals surface area (Å²) in [5.74, 6) is -0.116. The van der Waals surface area contributed by atoms with Crippen molar-refractivity contribution < 1.29 is 4.79 Å². The molecule has 0 aliphatic carbocycles. The maximum absolute atomic E-state index is 12.4. The second-order valence-corrected chi connectivity index (χ2v) is 6.73. The van der Waals surface area contributed by atoms with Crippen molar-refractivity contribution in [1.29, 1.82) is 0 Å². The molecule has 0 aliphatic rings. The Morgan fingerprint density at radius 2 is 1.67 bits per heavy atom. The highest BCUT2D eigenvalue weighted by Gasteiger charge is 2.15. The number of nitrogens with zero attached hydrogens (tertiary/aromatic N) is 1. The van der Waals surface area contributed by atoms with E-state index in [0.29, 0.717) is 31.6 Å². The Hall–Kier alpha value is -0.740. The zero-order valence-corrected chi connectivity index (χ0v) is 14.9. The molecule has 6 heteroatoms. The van der Waals surface area contributed by atoms with Crippen LogP contribution in [0.4, 0.5) is 0 Å². The van der Waals surface area contributed by atoms with Gasteiger partial charge in [0.25, 0.3) is 5.91 Å². The first-order chi connectivity index (χ1) is 9.86. The van der Waals surface area contributed by atoms with Gasteiger partial charge >= 0.3 is 0 Å². The van der Waals surface area contributed by atoms with Crippen LogP contribution >= 0.6 is 50.7 Å². The van der Waals surface area contributed by atoms with Gasteiger partial charge in [-0.05, 0) is 57.9 Å². The summed E-state index contributed by atoms with van der Waals surface area (Å²) in [4.78, 5) is 14.0. The first kappa shape index (κ1) is 16.6. The van der Waals surface area contributed by atoms with Crippen molar-refractivity contribution >= 4 is 56.6 Å². The molecule has 0 aromatic heterocycles. The summed E-state index contributed by atoms with van der Waals surface area (Å²) in [5, 5.41) is 1.67. The number of carbonyl (C=O) groups excluding carboxylic acids is 1. The van der Waals surface area contributed by atoms with E-state index in [0.717, 1.165) is 5.56 Å². The molecule has 1 amide bonds. The summed E-state index contributed by atoms with van der Waals surface area (Å²) in [5.41, 5.74) is 1.42. The van der Waals surface area contributed by atoms with Gasteiger partial charge in [0.15, 0.2) is 0 Å². The third-order valence-electron chi connectivity index (χ3n) is 2.85. The predicted octanol–water partition coefficient (Wildman–Crippen LogP) is 5.68. The molecule has 21 heavy (non-hydrogen) atoms. The van der Waals surface area contributed by atoms with Crippen LogP contribution in [0.5, 0.6) is 0 Å². The third-order valence-corrected chi connectivity index (χ3v) is 4.18. The number of halogens is 4. The average molecular weight is 408 g/mol. The van der Waals surface area contributed by atoms with E-state index in [1.165, 1.54) is 0 Å². The molecule has 0 atom stereocenters. The quantitative estimate of drug-likeness (QED) is 0.641. The van der Waals surface area contributed by atoms with E-state index in [-0.39, 0.29) is 5.91 Å². The molecule has 2 nitrogen and oxygen atoms in total. The Morgan fingerprint density at radius 3 is 2.24 bits per heavy atom. The molecular weight excluding hydrogens is 396 g/mol. The van der Waals surface area contributed by atoms with Gasteiger partial charge in [0.2, 0.25) is 0 Å². The molecule has 0 spiro atoms. The maximum Gasteiger partial charge on any atom is 0.255 e. The summed E-state index contributed by atoms with van der Waals surface area (Å²) < 4.78 is 0.663. The lowest BCUT2D eigenvalue weighted by Crippen LogP contribution is -2.26. The molecule has 2 rings (SSSR count). The van der Waals surface area contributed by atoms with Gasteiger partial charge in [-0.25, -0.2) is 0 Å². The zero-order chi connectivity index (χ0) is 15.6. The molecule has 110 valence electrons. The van der Waals surface area contributed by atoms with Crippen molar-refractivity contribution in [3.63, 3.8) is 0 Å². The lowest BCUT2D eigenvalue weighted by molar-refractivity contribution is 0.0784. The second kappa shape index (κ2) is 7.01. The van der Waals surface area contributed by atoms with Crippen LogP contribution in [-0.2, 0) is 6.54 Å². The molecule has 0 bridgehead atoms. The molecule has 0 saturated carbocycles. The average Bonchev–Trinajstić information content (AvgIpc) is 2.36. The highest BCUT2D eigenvalue weighted by atomic mass is 79.9. The van der Waals surface area contributed by atoms with Crippen molar-refractivity contribution in [3.05, 3.63) is 67.1 Å². The molecule has 0 aliphatic heterocycles. The topological polar surface area (TPSA) is 20.3 Å². The third kappa shape index (κ3) is 4.36. The zero-order valence-electron chi connectivity index (χ0n) is 11.0. The monoisotopic (exact) mass is 405 g/mol. The molecule has 0 unspecified atom stereocenters. The minimum absolute atomic E-state index is 0.116. The predicted molar refractivity (Wildman–Crippen MR) is 91.4 cm³/mol. The highest BCUT2D eigenvalue weighted by molar-refractivity contribution is 9.10. The van der Waals surface area contributed by atoms with Crippen LogP contribution in [0.15, 0.2) is 40.9 Å². The van der Waals surface area contributed by atoms with Crippen LogP contribution in [0.25, 0.3) is 0 Å². The van der Waals surface area contributed by atoms with Gasteiger partial charge < -0.3 is 4.90 Å². The van der Waals surface area contributed by atoms with Gasteiger partial charge in [0, 0.05) is 33.1 Å². The van der Waals surface area contributed by atoms with Crippen LogP contribution in [-0.4, -0.2) is 17.9 Å². The standard InChI is InChI=1S/C15H11BrCl3NO/c1-20(8-9-4-11(18)6-12(19)5-9)15(21)13-3-2-10(17)7-14(13)16/h2-7H,8H2,1H3. The fourth-order valence-corrected chi connectivity index (χ4v) is 3.34. The smallest absolute Gasteiger partial charge is 0.255 e. The second-order valence-electron chi connectivity index (χ2n) is 4.56. The van der Waals surface area contributed by atoms with Gasteiger partial charge in [-0.1, -0.05) is 34.8 Å². The molecule has 0 radical (unpaired) electrons. The molecule has 0 fully saturated rings. The van der Waals surface area contributed by atoms with Gasteiger partial charge in [0.05, 0.1) is 5.56 Å². The summed E-state index contributed by atoms with van der Waals surface area (Å²) in [7, 11) is 1.72. The van der Waals surface area contributed by atoms with E-state index in [1.54, 1.807) is 48.3 Å². The fourth-order valence-electron chi connectivity index (χ4n) is 1.92.